The molecule has 3 heteroatoms. The van der Waals surface area contributed by atoms with Crippen LogP contribution in [0.1, 0.15) is 12.6 Å². The first-order chi connectivity index (χ1) is 5.36. The van der Waals surface area contributed by atoms with Gasteiger partial charge in [0.15, 0.2) is 0 Å². The monoisotopic (exact) mass is 151 g/mol. The zero-order valence-electron chi connectivity index (χ0n) is 6.82. The Morgan fingerprint density at radius 1 is 1.73 bits per heavy atom. The van der Waals surface area contributed by atoms with E-state index in [0.29, 0.717) is 0 Å². The average molecular weight is 151 g/mol. The Kier molecular flexibility index (Phi) is 2.98. The fourth-order valence-corrected chi connectivity index (χ4v) is 0.902. The number of aromatic nitrogens is 2. The summed E-state index contributed by atoms with van der Waals surface area (Å²) < 4.78 is 2.05. The maximum Gasteiger partial charge on any atom is 0.0949 e. The minimum absolute atomic E-state index is 0.765. The van der Waals surface area contributed by atoms with Crippen molar-refractivity contribution < 1.29 is 0 Å². The number of nitrogens with zero attached hydrogens (tertiary/aromatic N) is 3. The SMILES string of the molecule is [CH2+][N-]CCc1cn(CC)cn1. The van der Waals surface area contributed by atoms with E-state index in [2.05, 4.69) is 28.8 Å². The maximum atomic E-state index is 4.20. The molecule has 0 amide bonds. The lowest BCUT2D eigenvalue weighted by molar-refractivity contribution is 0.760. The van der Waals surface area contributed by atoms with Crippen molar-refractivity contribution >= 4 is 0 Å². The molecule has 0 aromatic carbocycles. The highest BCUT2D eigenvalue weighted by Crippen LogP contribution is 1.98. The lowest BCUT2D eigenvalue weighted by atomic mass is 10.3. The van der Waals surface area contributed by atoms with Crippen LogP contribution in [0, 0.1) is 7.05 Å². The van der Waals surface area contributed by atoms with E-state index in [9.17, 15) is 0 Å². The molecule has 0 bridgehead atoms. The lowest BCUT2D eigenvalue weighted by Gasteiger charge is -1.99. The third-order valence-electron chi connectivity index (χ3n) is 1.58. The van der Waals surface area contributed by atoms with Crippen molar-refractivity contribution in [3.8, 4) is 0 Å². The van der Waals surface area contributed by atoms with Crippen LogP contribution in [0.25, 0.3) is 5.32 Å². The van der Waals surface area contributed by atoms with Crippen molar-refractivity contribution in [2.45, 2.75) is 19.9 Å². The van der Waals surface area contributed by atoms with Gasteiger partial charge in [0.05, 0.1) is 12.0 Å². The Balaban J connectivity index is 2.44. The van der Waals surface area contributed by atoms with Crippen molar-refractivity contribution in [2.24, 2.45) is 0 Å². The van der Waals surface area contributed by atoms with Gasteiger partial charge in [-0.25, -0.2) is 4.98 Å². The van der Waals surface area contributed by atoms with E-state index in [1.165, 1.54) is 0 Å². The third kappa shape index (κ3) is 2.27. The summed E-state index contributed by atoms with van der Waals surface area (Å²) in [5.74, 6) is 0. The van der Waals surface area contributed by atoms with E-state index in [1.807, 2.05) is 12.5 Å². The van der Waals surface area contributed by atoms with Gasteiger partial charge >= 0.3 is 0 Å². The second-order valence-electron chi connectivity index (χ2n) is 2.39. The fraction of sp³-hybridized carbons (Fsp3) is 0.500. The van der Waals surface area contributed by atoms with Gasteiger partial charge in [0.25, 0.3) is 0 Å². The Morgan fingerprint density at radius 2 is 2.55 bits per heavy atom. The summed E-state index contributed by atoms with van der Waals surface area (Å²) in [5, 5.41) is 3.77. The standard InChI is InChI=1S/C8H13N3/c1-3-11-6-8(10-7-11)4-5-9-2/h6-7H,2-5H2,1H3. The van der Waals surface area contributed by atoms with Crippen LogP contribution in [0.5, 0.6) is 0 Å². The molecule has 0 aliphatic carbocycles. The topological polar surface area (TPSA) is 31.9 Å². The minimum Gasteiger partial charge on any atom is -0.457 e. The van der Waals surface area contributed by atoms with E-state index < -0.39 is 0 Å². The van der Waals surface area contributed by atoms with E-state index in [-0.39, 0.29) is 0 Å². The predicted octanol–water partition coefficient (Wildman–Crippen LogP) is 1.61. The molecule has 0 N–H and O–H groups in total. The molecule has 0 saturated carbocycles. The number of rotatable bonds is 4. The molecule has 1 aromatic rings. The van der Waals surface area contributed by atoms with E-state index in [4.69, 9.17) is 0 Å². The minimum atomic E-state index is 0.765. The molecule has 1 rings (SSSR count). The van der Waals surface area contributed by atoms with Gasteiger partial charge in [-0.1, -0.05) is 0 Å². The summed E-state index contributed by atoms with van der Waals surface area (Å²) in [6, 6.07) is 0. The molecule has 1 heterocycles. The molecule has 60 valence electrons. The molecule has 0 spiro atoms. The average Bonchev–Trinajstić information content (AvgIpc) is 2.48. The van der Waals surface area contributed by atoms with Crippen LogP contribution in [0.2, 0.25) is 0 Å². The summed E-state index contributed by atoms with van der Waals surface area (Å²) in [7, 11) is 3.42. The normalized spacial score (nSPS) is 10.3. The van der Waals surface area contributed by atoms with Crippen LogP contribution in [-0.4, -0.2) is 16.1 Å². The first kappa shape index (κ1) is 8.14. The maximum absolute atomic E-state index is 4.20. The predicted molar refractivity (Wildman–Crippen MR) is 45.2 cm³/mol. The molecule has 0 atom stereocenters. The quantitative estimate of drug-likeness (QED) is 0.601. The Morgan fingerprint density at radius 3 is 3.09 bits per heavy atom. The van der Waals surface area contributed by atoms with Gasteiger partial charge in [-0.15, -0.1) is 6.54 Å². The zero-order valence-corrected chi connectivity index (χ0v) is 6.82. The van der Waals surface area contributed by atoms with Crippen LogP contribution < -0.4 is 0 Å². The van der Waals surface area contributed by atoms with E-state index in [1.54, 1.807) is 0 Å². The number of hydrogen-bond acceptors (Lipinski definition) is 1. The zero-order chi connectivity index (χ0) is 8.10. The molecule has 0 radical (unpaired) electrons. The fourth-order valence-electron chi connectivity index (χ4n) is 0.902. The summed E-state index contributed by atoms with van der Waals surface area (Å²) >= 11 is 0. The van der Waals surface area contributed by atoms with Gasteiger partial charge in [0.2, 0.25) is 0 Å². The summed E-state index contributed by atoms with van der Waals surface area (Å²) in [6.07, 6.45) is 4.79. The lowest BCUT2D eigenvalue weighted by Crippen LogP contribution is -1.90. The highest BCUT2D eigenvalue weighted by molar-refractivity contribution is 4.99. The Bertz CT molecular complexity index is 205. The van der Waals surface area contributed by atoms with Crippen molar-refractivity contribution in [3.05, 3.63) is 30.6 Å². The molecular weight excluding hydrogens is 138 g/mol. The number of imidazole rings is 1. The van der Waals surface area contributed by atoms with Crippen molar-refractivity contribution in [2.75, 3.05) is 6.54 Å². The van der Waals surface area contributed by atoms with Crippen molar-refractivity contribution in [3.63, 3.8) is 0 Å². The second-order valence-corrected chi connectivity index (χ2v) is 2.39. The molecule has 11 heavy (non-hydrogen) atoms. The molecule has 0 fully saturated rings. The molecule has 0 aliphatic heterocycles. The summed E-state index contributed by atoms with van der Waals surface area (Å²) in [5.41, 5.74) is 1.10. The smallest absolute Gasteiger partial charge is 0.0949 e. The van der Waals surface area contributed by atoms with Crippen LogP contribution >= 0.6 is 0 Å². The van der Waals surface area contributed by atoms with Crippen molar-refractivity contribution in [1.82, 2.24) is 9.55 Å². The third-order valence-corrected chi connectivity index (χ3v) is 1.58. The van der Waals surface area contributed by atoms with Gasteiger partial charge in [-0.3, -0.25) is 0 Å². The van der Waals surface area contributed by atoms with Crippen LogP contribution in [0.15, 0.2) is 12.5 Å². The second kappa shape index (κ2) is 4.03. The van der Waals surface area contributed by atoms with E-state index >= 15 is 0 Å². The molecule has 3 nitrogen and oxygen atoms in total. The van der Waals surface area contributed by atoms with E-state index in [0.717, 1.165) is 25.2 Å². The molecule has 0 unspecified atom stereocenters. The van der Waals surface area contributed by atoms with Gasteiger partial charge in [0, 0.05) is 12.7 Å². The first-order valence-corrected chi connectivity index (χ1v) is 3.80. The molecule has 0 saturated heterocycles. The molecule has 0 aliphatic rings. The Hall–Kier alpha value is -0.960. The van der Waals surface area contributed by atoms with Gasteiger partial charge in [-0.05, 0) is 20.4 Å². The highest BCUT2D eigenvalue weighted by atomic mass is 15.0. The van der Waals surface area contributed by atoms with Crippen LogP contribution in [-0.2, 0) is 13.0 Å². The van der Waals surface area contributed by atoms with Crippen LogP contribution in [0.4, 0.5) is 0 Å². The molecular formula is C8H13N3. The van der Waals surface area contributed by atoms with Crippen molar-refractivity contribution in [1.29, 1.82) is 0 Å². The summed E-state index contributed by atoms with van der Waals surface area (Å²) in [4.78, 5) is 4.20. The van der Waals surface area contributed by atoms with Gasteiger partial charge in [0.1, 0.15) is 0 Å². The van der Waals surface area contributed by atoms with Gasteiger partial charge in [-0.2, -0.15) is 0 Å². The van der Waals surface area contributed by atoms with Crippen LogP contribution in [0.3, 0.4) is 0 Å². The van der Waals surface area contributed by atoms with Gasteiger partial charge < -0.3 is 9.88 Å². The largest absolute Gasteiger partial charge is 0.457 e. The molecule has 1 aromatic heterocycles. The number of aryl methyl sites for hydroxylation is 1. The number of hydrogen-bond donors (Lipinski definition) is 0. The summed E-state index contributed by atoms with van der Waals surface area (Å²) in [6.45, 7) is 3.84. The Labute approximate surface area is 67.4 Å². The highest BCUT2D eigenvalue weighted by Gasteiger charge is 1.93. The first-order valence-electron chi connectivity index (χ1n) is 3.80.